The summed E-state index contributed by atoms with van der Waals surface area (Å²) in [4.78, 5) is 43.6. The maximum Gasteiger partial charge on any atom is 0.373 e. The van der Waals surface area contributed by atoms with Crippen molar-refractivity contribution in [3.05, 3.63) is 0 Å². The fourth-order valence-electron chi connectivity index (χ4n) is 2.22. The minimum absolute atomic E-state index is 0.156. The van der Waals surface area contributed by atoms with Gasteiger partial charge in [-0.05, 0) is 38.8 Å². The summed E-state index contributed by atoms with van der Waals surface area (Å²) in [6, 6.07) is -1.10. The lowest BCUT2D eigenvalue weighted by Crippen LogP contribution is -2.43. The zero-order valence-corrected chi connectivity index (χ0v) is 14.2. The van der Waals surface area contributed by atoms with Crippen molar-refractivity contribution in [2.75, 3.05) is 20.1 Å². The Morgan fingerprint density at radius 2 is 1.75 bits per heavy atom. The van der Waals surface area contributed by atoms with Crippen LogP contribution in [-0.4, -0.2) is 76.1 Å². The number of ketones is 1. The number of carbonyl (C=O) groups is 4. The number of carboxylic acids is 3. The normalized spacial score (nSPS) is 18.0. The number of hydrogen-bond acceptors (Lipinski definition) is 6. The zero-order valence-electron chi connectivity index (χ0n) is 14.2. The highest BCUT2D eigenvalue weighted by atomic mass is 16.4. The van der Waals surface area contributed by atoms with Gasteiger partial charge in [0.1, 0.15) is 12.1 Å². The fraction of sp³-hybridized carbons (Fsp3) is 0.733. The molecule has 0 amide bonds. The van der Waals surface area contributed by atoms with Crippen molar-refractivity contribution in [2.24, 2.45) is 5.92 Å². The molecule has 1 fully saturated rings. The number of Topliss-reactive ketones (excluding diaryl/α,β-unsaturated/α-hetero) is 1. The molecule has 24 heavy (non-hydrogen) atoms. The zero-order chi connectivity index (χ0) is 18.9. The Morgan fingerprint density at radius 1 is 1.17 bits per heavy atom. The molecule has 0 radical (unpaired) electrons. The third-order valence-electron chi connectivity index (χ3n) is 3.50. The molecule has 0 aromatic rings. The number of carboxylic acid groups (broad SMARTS) is 3. The Labute approximate surface area is 140 Å². The van der Waals surface area contributed by atoms with Crippen molar-refractivity contribution >= 4 is 23.7 Å². The monoisotopic (exact) mass is 346 g/mol. The van der Waals surface area contributed by atoms with Gasteiger partial charge in [-0.15, -0.1) is 0 Å². The lowest BCUT2D eigenvalue weighted by molar-refractivity contribution is -0.151. The topological polar surface area (TPSA) is 144 Å². The van der Waals surface area contributed by atoms with Crippen molar-refractivity contribution in [2.45, 2.75) is 45.2 Å². The number of carbonyl (C=O) groups excluding carboxylic acids is 1. The van der Waals surface area contributed by atoms with Gasteiger partial charge in [0.15, 0.2) is 0 Å². The molecule has 1 heterocycles. The summed E-state index contributed by atoms with van der Waals surface area (Å²) < 4.78 is 0. The first kappa shape index (κ1) is 22.0. The van der Waals surface area contributed by atoms with E-state index in [1.54, 1.807) is 0 Å². The molecule has 0 spiro atoms. The van der Waals surface area contributed by atoms with E-state index >= 15 is 0 Å². The molecule has 1 aliphatic heterocycles. The summed E-state index contributed by atoms with van der Waals surface area (Å²) in [5, 5.41) is 28.6. The first-order chi connectivity index (χ1) is 11.1. The summed E-state index contributed by atoms with van der Waals surface area (Å²) >= 11 is 0. The maximum absolute atomic E-state index is 10.9. The minimum Gasteiger partial charge on any atom is -0.480 e. The number of nitrogens with zero attached hydrogens (tertiary/aromatic N) is 1. The van der Waals surface area contributed by atoms with Crippen LogP contribution in [0.1, 0.15) is 33.1 Å². The second-order valence-electron chi connectivity index (χ2n) is 6.11. The van der Waals surface area contributed by atoms with Crippen LogP contribution in [-0.2, 0) is 19.2 Å². The van der Waals surface area contributed by atoms with Crippen LogP contribution in [0.5, 0.6) is 0 Å². The van der Waals surface area contributed by atoms with Gasteiger partial charge in [0, 0.05) is 0 Å². The van der Waals surface area contributed by atoms with Gasteiger partial charge in [-0.3, -0.25) is 19.3 Å². The highest BCUT2D eigenvalue weighted by molar-refractivity contribution is 6.33. The van der Waals surface area contributed by atoms with Gasteiger partial charge in [-0.2, -0.15) is 0 Å². The lowest BCUT2D eigenvalue weighted by atomic mass is 10.0. The lowest BCUT2D eigenvalue weighted by Gasteiger charge is -2.24. The molecule has 0 aromatic carbocycles. The third-order valence-corrected chi connectivity index (χ3v) is 3.50. The molecule has 0 aromatic heterocycles. The number of rotatable bonds is 8. The highest BCUT2D eigenvalue weighted by Crippen LogP contribution is 2.10. The Balaban J connectivity index is 0.000000546. The molecule has 0 bridgehead atoms. The number of aliphatic carboxylic acids is 3. The van der Waals surface area contributed by atoms with Gasteiger partial charge in [-0.1, -0.05) is 13.8 Å². The van der Waals surface area contributed by atoms with Crippen molar-refractivity contribution in [3.8, 4) is 0 Å². The molecule has 9 heteroatoms. The molecule has 1 saturated heterocycles. The molecule has 138 valence electrons. The van der Waals surface area contributed by atoms with Gasteiger partial charge in [0.2, 0.25) is 0 Å². The fourth-order valence-corrected chi connectivity index (χ4v) is 2.22. The van der Waals surface area contributed by atoms with Crippen molar-refractivity contribution in [1.29, 1.82) is 0 Å². The molecular weight excluding hydrogens is 320 g/mol. The number of nitrogens with one attached hydrogen (secondary N) is 1. The standard InChI is InChI=1S/C10H17NO5.C5H9NO2/c1-6(2)4-7(9(13)14)11(3)5-8(12)10(15)16;7-5(8)4-2-1-3-6-4/h6-7H,4-5H2,1-3H3,(H,13,14)(H,15,16);4,6H,1-3H2,(H,7,8)/t7-;4-/m10/s1. The first-order valence-electron chi connectivity index (χ1n) is 7.71. The van der Waals surface area contributed by atoms with Crippen LogP contribution in [0.4, 0.5) is 0 Å². The smallest absolute Gasteiger partial charge is 0.373 e. The summed E-state index contributed by atoms with van der Waals surface area (Å²) in [7, 11) is 1.43. The van der Waals surface area contributed by atoms with Gasteiger partial charge in [0.25, 0.3) is 5.78 Å². The molecule has 4 N–H and O–H groups in total. The summed E-state index contributed by atoms with van der Waals surface area (Å²) in [5.41, 5.74) is 0. The van der Waals surface area contributed by atoms with E-state index in [0.717, 1.165) is 19.4 Å². The van der Waals surface area contributed by atoms with Crippen LogP contribution in [0.25, 0.3) is 0 Å². The van der Waals surface area contributed by atoms with E-state index in [1.807, 2.05) is 13.8 Å². The van der Waals surface area contributed by atoms with E-state index in [2.05, 4.69) is 5.32 Å². The molecule has 1 rings (SSSR count). The van der Waals surface area contributed by atoms with Crippen molar-refractivity contribution < 1.29 is 34.5 Å². The Hall–Kier alpha value is -2.00. The summed E-state index contributed by atoms with van der Waals surface area (Å²) in [6.07, 6.45) is 2.16. The van der Waals surface area contributed by atoms with Gasteiger partial charge in [-0.25, -0.2) is 4.79 Å². The van der Waals surface area contributed by atoms with Crippen LogP contribution in [0.15, 0.2) is 0 Å². The molecule has 0 aliphatic carbocycles. The molecule has 1 aliphatic rings. The Kier molecular flexibility index (Phi) is 9.82. The van der Waals surface area contributed by atoms with Crippen molar-refractivity contribution in [3.63, 3.8) is 0 Å². The molecule has 0 saturated carbocycles. The molecular formula is C15H26N2O7. The average Bonchev–Trinajstić information content (AvgIpc) is 2.99. The van der Waals surface area contributed by atoms with Gasteiger partial charge < -0.3 is 20.6 Å². The van der Waals surface area contributed by atoms with E-state index in [4.69, 9.17) is 15.3 Å². The predicted octanol–water partition coefficient (Wildman–Crippen LogP) is -0.106. The summed E-state index contributed by atoms with van der Waals surface area (Å²) in [5.74, 6) is -4.15. The van der Waals surface area contributed by atoms with E-state index in [1.165, 1.54) is 11.9 Å². The SMILES string of the molecule is CC(C)C[C@H](C(=O)O)N(C)CC(=O)C(=O)O.O=C(O)[C@@H]1CCCN1. The first-order valence-corrected chi connectivity index (χ1v) is 7.71. The van der Waals surface area contributed by atoms with Crippen LogP contribution < -0.4 is 5.32 Å². The molecule has 0 unspecified atom stereocenters. The largest absolute Gasteiger partial charge is 0.480 e. The van der Waals surface area contributed by atoms with Crippen LogP contribution in [0.3, 0.4) is 0 Å². The number of hydrogen-bond donors (Lipinski definition) is 4. The van der Waals surface area contributed by atoms with E-state index in [9.17, 15) is 19.2 Å². The average molecular weight is 346 g/mol. The van der Waals surface area contributed by atoms with Gasteiger partial charge in [0.05, 0.1) is 6.54 Å². The summed E-state index contributed by atoms with van der Waals surface area (Å²) in [6.45, 7) is 4.20. The van der Waals surface area contributed by atoms with Crippen LogP contribution in [0.2, 0.25) is 0 Å². The second kappa shape index (κ2) is 10.7. The molecule has 2 atom stereocenters. The predicted molar refractivity (Wildman–Crippen MR) is 84.8 cm³/mol. The van der Waals surface area contributed by atoms with Crippen LogP contribution >= 0.6 is 0 Å². The maximum atomic E-state index is 10.9. The van der Waals surface area contributed by atoms with E-state index < -0.39 is 29.7 Å². The van der Waals surface area contributed by atoms with E-state index in [0.29, 0.717) is 6.42 Å². The van der Waals surface area contributed by atoms with E-state index in [-0.39, 0.29) is 18.5 Å². The van der Waals surface area contributed by atoms with Crippen molar-refractivity contribution in [1.82, 2.24) is 10.2 Å². The highest BCUT2D eigenvalue weighted by Gasteiger charge is 2.26. The van der Waals surface area contributed by atoms with Gasteiger partial charge >= 0.3 is 17.9 Å². The Morgan fingerprint density at radius 3 is 2.04 bits per heavy atom. The minimum atomic E-state index is -1.54. The Bertz CT molecular complexity index is 459. The van der Waals surface area contributed by atoms with Crippen LogP contribution in [0, 0.1) is 5.92 Å². The quantitative estimate of drug-likeness (QED) is 0.442. The second-order valence-corrected chi connectivity index (χ2v) is 6.11. The number of likely N-dealkylation sites (N-methyl/N-ethyl adjacent to an activating group) is 1. The molecule has 9 nitrogen and oxygen atoms in total. The third kappa shape index (κ3) is 8.59.